The van der Waals surface area contributed by atoms with Crippen LogP contribution in [0.5, 0.6) is 0 Å². The Morgan fingerprint density at radius 1 is 1.45 bits per heavy atom. The molecule has 1 aromatic carbocycles. The van der Waals surface area contributed by atoms with Crippen LogP contribution in [0.3, 0.4) is 0 Å². The molecule has 0 fully saturated rings. The smallest absolute Gasteiger partial charge is 0.0946 e. The predicted molar refractivity (Wildman–Crippen MR) is 78.5 cm³/mol. The van der Waals surface area contributed by atoms with Crippen LogP contribution in [-0.4, -0.2) is 23.2 Å². The summed E-state index contributed by atoms with van der Waals surface area (Å²) >= 11 is 0. The molecule has 106 valence electrons. The Morgan fingerprint density at radius 2 is 2.30 bits per heavy atom. The van der Waals surface area contributed by atoms with Crippen LogP contribution in [0, 0.1) is 0 Å². The lowest BCUT2D eigenvalue weighted by molar-refractivity contribution is 0.0293. The van der Waals surface area contributed by atoms with E-state index in [1.54, 1.807) is 0 Å². The van der Waals surface area contributed by atoms with Gasteiger partial charge < -0.3 is 14.6 Å². The molecular formula is C16H21N3O. The van der Waals surface area contributed by atoms with Crippen LogP contribution in [0.25, 0.3) is 0 Å². The molecule has 1 aromatic heterocycles. The predicted octanol–water partition coefficient (Wildman–Crippen LogP) is 2.38. The summed E-state index contributed by atoms with van der Waals surface area (Å²) in [6.45, 7) is 0.809. The Labute approximate surface area is 119 Å². The quantitative estimate of drug-likeness (QED) is 0.928. The van der Waals surface area contributed by atoms with Crippen molar-refractivity contribution in [2.75, 3.05) is 13.7 Å². The first-order valence-corrected chi connectivity index (χ1v) is 7.12. The number of rotatable bonds is 4. The Kier molecular flexibility index (Phi) is 3.85. The van der Waals surface area contributed by atoms with Crippen LogP contribution in [0.15, 0.2) is 36.8 Å². The summed E-state index contributed by atoms with van der Waals surface area (Å²) in [5.41, 5.74) is 3.95. The summed E-state index contributed by atoms with van der Waals surface area (Å²) in [6.07, 6.45) is 5.87. The molecule has 1 N–H and O–H groups in total. The monoisotopic (exact) mass is 271 g/mol. The van der Waals surface area contributed by atoms with Gasteiger partial charge in [-0.15, -0.1) is 0 Å². The van der Waals surface area contributed by atoms with E-state index in [-0.39, 0.29) is 12.1 Å². The molecule has 4 heteroatoms. The van der Waals surface area contributed by atoms with Crippen LogP contribution in [-0.2, 0) is 18.2 Å². The van der Waals surface area contributed by atoms with Gasteiger partial charge in [-0.05, 0) is 31.0 Å². The van der Waals surface area contributed by atoms with Crippen molar-refractivity contribution < 1.29 is 4.74 Å². The van der Waals surface area contributed by atoms with Gasteiger partial charge in [0.05, 0.1) is 30.8 Å². The van der Waals surface area contributed by atoms with Crippen LogP contribution < -0.4 is 5.32 Å². The maximum atomic E-state index is 6.00. The van der Waals surface area contributed by atoms with Crippen molar-refractivity contribution in [2.24, 2.45) is 7.05 Å². The molecule has 0 aliphatic carbocycles. The van der Waals surface area contributed by atoms with Crippen molar-refractivity contribution in [1.29, 1.82) is 0 Å². The molecule has 0 saturated carbocycles. The number of ether oxygens (including phenoxy) is 1. The minimum Gasteiger partial charge on any atom is -0.373 e. The number of fused-ring (bicyclic) bond motifs is 1. The van der Waals surface area contributed by atoms with Gasteiger partial charge in [0.15, 0.2) is 0 Å². The first kappa shape index (κ1) is 13.3. The third-order valence-electron chi connectivity index (χ3n) is 4.10. The van der Waals surface area contributed by atoms with Crippen molar-refractivity contribution in [1.82, 2.24) is 14.9 Å². The average Bonchev–Trinajstić information content (AvgIpc) is 2.91. The van der Waals surface area contributed by atoms with E-state index in [1.807, 2.05) is 26.6 Å². The van der Waals surface area contributed by atoms with Crippen molar-refractivity contribution in [3.8, 4) is 0 Å². The average molecular weight is 271 g/mol. The van der Waals surface area contributed by atoms with Crippen LogP contribution in [0.4, 0.5) is 0 Å². The van der Waals surface area contributed by atoms with Gasteiger partial charge in [0.1, 0.15) is 0 Å². The summed E-state index contributed by atoms with van der Waals surface area (Å²) in [5, 5.41) is 3.38. The molecule has 0 radical (unpaired) electrons. The van der Waals surface area contributed by atoms with E-state index < -0.39 is 0 Å². The fraction of sp³-hybridized carbons (Fsp3) is 0.438. The summed E-state index contributed by atoms with van der Waals surface area (Å²) < 4.78 is 8.07. The van der Waals surface area contributed by atoms with Crippen molar-refractivity contribution in [3.63, 3.8) is 0 Å². The maximum Gasteiger partial charge on any atom is 0.0946 e. The molecule has 3 rings (SSSR count). The molecule has 0 bridgehead atoms. The highest BCUT2D eigenvalue weighted by atomic mass is 16.5. The Bertz CT molecular complexity index is 579. The Balaban J connectivity index is 1.82. The van der Waals surface area contributed by atoms with Crippen molar-refractivity contribution in [3.05, 3.63) is 53.6 Å². The number of hydrogen-bond acceptors (Lipinski definition) is 3. The van der Waals surface area contributed by atoms with Gasteiger partial charge in [-0.3, -0.25) is 0 Å². The molecule has 2 atom stereocenters. The fourth-order valence-corrected chi connectivity index (χ4v) is 2.98. The molecule has 0 amide bonds. The van der Waals surface area contributed by atoms with Crippen LogP contribution in [0.2, 0.25) is 0 Å². The van der Waals surface area contributed by atoms with E-state index in [4.69, 9.17) is 4.74 Å². The number of hydrogen-bond donors (Lipinski definition) is 1. The van der Waals surface area contributed by atoms with Gasteiger partial charge in [-0.25, -0.2) is 4.98 Å². The molecule has 2 heterocycles. The van der Waals surface area contributed by atoms with E-state index in [9.17, 15) is 0 Å². The Morgan fingerprint density at radius 3 is 3.05 bits per heavy atom. The lowest BCUT2D eigenvalue weighted by atomic mass is 9.93. The van der Waals surface area contributed by atoms with E-state index in [0.717, 1.165) is 19.4 Å². The van der Waals surface area contributed by atoms with Crippen LogP contribution in [0.1, 0.15) is 35.4 Å². The first-order valence-electron chi connectivity index (χ1n) is 7.12. The van der Waals surface area contributed by atoms with Gasteiger partial charge >= 0.3 is 0 Å². The Hall–Kier alpha value is -1.65. The number of aromatic nitrogens is 2. The molecular weight excluding hydrogens is 250 g/mol. The maximum absolute atomic E-state index is 6.00. The second-order valence-corrected chi connectivity index (χ2v) is 5.31. The molecule has 2 aromatic rings. The standard InChI is InChI=1S/C16H21N3O/c1-17-14(15-10-18-11-19(15)2)9-16-13-6-4-3-5-12(13)7-8-20-16/h3-6,10-11,14,16-17H,7-9H2,1-2H3. The van der Waals surface area contributed by atoms with Gasteiger partial charge in [-0.1, -0.05) is 24.3 Å². The summed E-state index contributed by atoms with van der Waals surface area (Å²) in [4.78, 5) is 4.21. The third kappa shape index (κ3) is 2.49. The van der Waals surface area contributed by atoms with Crippen molar-refractivity contribution >= 4 is 0 Å². The van der Waals surface area contributed by atoms with E-state index >= 15 is 0 Å². The van der Waals surface area contributed by atoms with E-state index in [2.05, 4.69) is 39.1 Å². The van der Waals surface area contributed by atoms with Gasteiger partial charge in [0.25, 0.3) is 0 Å². The van der Waals surface area contributed by atoms with Gasteiger partial charge in [0.2, 0.25) is 0 Å². The van der Waals surface area contributed by atoms with Gasteiger partial charge in [0, 0.05) is 13.2 Å². The second kappa shape index (κ2) is 5.77. The highest BCUT2D eigenvalue weighted by Gasteiger charge is 2.25. The molecule has 1 aliphatic heterocycles. The summed E-state index contributed by atoms with van der Waals surface area (Å²) in [6, 6.07) is 8.86. The lowest BCUT2D eigenvalue weighted by Gasteiger charge is -2.29. The van der Waals surface area contributed by atoms with E-state index in [0.29, 0.717) is 0 Å². The lowest BCUT2D eigenvalue weighted by Crippen LogP contribution is -2.25. The van der Waals surface area contributed by atoms with E-state index in [1.165, 1.54) is 16.8 Å². The third-order valence-corrected chi connectivity index (χ3v) is 4.10. The highest BCUT2D eigenvalue weighted by molar-refractivity contribution is 5.31. The zero-order chi connectivity index (χ0) is 13.9. The number of benzene rings is 1. The number of aryl methyl sites for hydroxylation is 1. The zero-order valence-corrected chi connectivity index (χ0v) is 12.0. The largest absolute Gasteiger partial charge is 0.373 e. The SMILES string of the molecule is CNC(CC1OCCc2ccccc21)c1cncn1C. The molecule has 20 heavy (non-hydrogen) atoms. The molecule has 4 nitrogen and oxygen atoms in total. The minimum atomic E-state index is 0.160. The molecule has 0 saturated heterocycles. The number of nitrogens with one attached hydrogen (secondary N) is 1. The van der Waals surface area contributed by atoms with Gasteiger partial charge in [-0.2, -0.15) is 0 Å². The zero-order valence-electron chi connectivity index (χ0n) is 12.0. The normalized spacial score (nSPS) is 19.6. The second-order valence-electron chi connectivity index (χ2n) is 5.31. The fourth-order valence-electron chi connectivity index (χ4n) is 2.98. The highest BCUT2D eigenvalue weighted by Crippen LogP contribution is 2.33. The minimum absolute atomic E-state index is 0.160. The van der Waals surface area contributed by atoms with Crippen molar-refractivity contribution in [2.45, 2.75) is 25.0 Å². The number of imidazole rings is 1. The topological polar surface area (TPSA) is 39.1 Å². The molecule has 0 spiro atoms. The summed E-state index contributed by atoms with van der Waals surface area (Å²) in [5.74, 6) is 0. The van der Waals surface area contributed by atoms with Crippen LogP contribution >= 0.6 is 0 Å². The summed E-state index contributed by atoms with van der Waals surface area (Å²) in [7, 11) is 4.02. The molecule has 1 aliphatic rings. The number of nitrogens with zero attached hydrogens (tertiary/aromatic N) is 2. The molecule has 2 unspecified atom stereocenters. The first-order chi connectivity index (χ1) is 9.79.